The van der Waals surface area contributed by atoms with E-state index in [0.29, 0.717) is 13.0 Å². The lowest BCUT2D eigenvalue weighted by Gasteiger charge is -2.17. The zero-order chi connectivity index (χ0) is 15.9. The largest absolute Gasteiger partial charge is 0.464 e. The summed E-state index contributed by atoms with van der Waals surface area (Å²) < 4.78 is 1.06. The standard InChI is InChI=1S/C16H22N4O2/c1-12(7-15-10-20(11-19-15)16(21)22)18-9-14(17)8-13-5-3-2-4-6-13/h2-6,10-12,14,18H,7-9,17H2,1H3,(H,21,22)/t12-,14+/m1/s1. The maximum Gasteiger partial charge on any atom is 0.416 e. The van der Waals surface area contributed by atoms with E-state index in [4.69, 9.17) is 10.8 Å². The van der Waals surface area contributed by atoms with Gasteiger partial charge in [-0.15, -0.1) is 0 Å². The summed E-state index contributed by atoms with van der Waals surface area (Å²) >= 11 is 0. The Bertz CT molecular complexity index is 597. The number of hydrogen-bond acceptors (Lipinski definition) is 4. The Balaban J connectivity index is 1.74. The van der Waals surface area contributed by atoms with Gasteiger partial charge in [0.25, 0.3) is 0 Å². The second kappa shape index (κ2) is 7.72. The number of carbonyl (C=O) groups is 1. The third-order valence-electron chi connectivity index (χ3n) is 3.44. The van der Waals surface area contributed by atoms with Gasteiger partial charge in [0, 0.05) is 31.2 Å². The minimum atomic E-state index is -1.02. The lowest BCUT2D eigenvalue weighted by Crippen LogP contribution is -2.40. The van der Waals surface area contributed by atoms with Crippen LogP contribution >= 0.6 is 0 Å². The van der Waals surface area contributed by atoms with Crippen molar-refractivity contribution < 1.29 is 9.90 Å². The van der Waals surface area contributed by atoms with Gasteiger partial charge in [0.15, 0.2) is 0 Å². The predicted molar refractivity (Wildman–Crippen MR) is 84.9 cm³/mol. The average molecular weight is 302 g/mol. The van der Waals surface area contributed by atoms with E-state index in [1.807, 2.05) is 25.1 Å². The monoisotopic (exact) mass is 302 g/mol. The molecule has 6 nitrogen and oxygen atoms in total. The summed E-state index contributed by atoms with van der Waals surface area (Å²) in [5.41, 5.74) is 8.11. The van der Waals surface area contributed by atoms with E-state index >= 15 is 0 Å². The van der Waals surface area contributed by atoms with Crippen molar-refractivity contribution in [3.8, 4) is 0 Å². The highest BCUT2D eigenvalue weighted by Gasteiger charge is 2.10. The molecule has 2 atom stereocenters. The Morgan fingerprint density at radius 3 is 2.73 bits per heavy atom. The van der Waals surface area contributed by atoms with Gasteiger partial charge in [-0.25, -0.2) is 14.3 Å². The maximum atomic E-state index is 10.8. The molecular weight excluding hydrogens is 280 g/mol. The van der Waals surface area contributed by atoms with E-state index in [-0.39, 0.29) is 12.1 Å². The maximum absolute atomic E-state index is 10.8. The van der Waals surface area contributed by atoms with Gasteiger partial charge in [0.05, 0.1) is 5.69 Å². The normalized spacial score (nSPS) is 13.7. The lowest BCUT2D eigenvalue weighted by atomic mass is 10.1. The van der Waals surface area contributed by atoms with Gasteiger partial charge in [0.2, 0.25) is 0 Å². The highest BCUT2D eigenvalue weighted by atomic mass is 16.4. The first kappa shape index (κ1) is 16.2. The van der Waals surface area contributed by atoms with Crippen LogP contribution in [0.25, 0.3) is 0 Å². The van der Waals surface area contributed by atoms with Gasteiger partial charge in [-0.05, 0) is 18.9 Å². The first-order valence-corrected chi connectivity index (χ1v) is 7.33. The average Bonchev–Trinajstić information content (AvgIpc) is 2.95. The van der Waals surface area contributed by atoms with Crippen molar-refractivity contribution in [1.29, 1.82) is 0 Å². The molecule has 1 heterocycles. The van der Waals surface area contributed by atoms with Crippen LogP contribution in [-0.4, -0.2) is 39.4 Å². The Hall–Kier alpha value is -2.18. The van der Waals surface area contributed by atoms with Crippen LogP contribution in [0.15, 0.2) is 42.9 Å². The van der Waals surface area contributed by atoms with Gasteiger partial charge < -0.3 is 16.2 Å². The Kier molecular flexibility index (Phi) is 5.68. The van der Waals surface area contributed by atoms with Gasteiger partial charge in [-0.1, -0.05) is 30.3 Å². The van der Waals surface area contributed by atoms with Gasteiger partial charge in [-0.2, -0.15) is 0 Å². The Morgan fingerprint density at radius 1 is 1.36 bits per heavy atom. The number of imidazole rings is 1. The second-order valence-corrected chi connectivity index (χ2v) is 5.52. The summed E-state index contributed by atoms with van der Waals surface area (Å²) in [5.74, 6) is 0. The smallest absolute Gasteiger partial charge is 0.416 e. The number of nitrogens with one attached hydrogen (secondary N) is 1. The fraction of sp³-hybridized carbons (Fsp3) is 0.375. The van der Waals surface area contributed by atoms with Gasteiger partial charge >= 0.3 is 6.09 Å². The highest BCUT2D eigenvalue weighted by Crippen LogP contribution is 2.03. The van der Waals surface area contributed by atoms with E-state index in [1.165, 1.54) is 18.1 Å². The summed E-state index contributed by atoms with van der Waals surface area (Å²) in [6.45, 7) is 2.74. The Morgan fingerprint density at radius 2 is 2.09 bits per heavy atom. The van der Waals surface area contributed by atoms with Crippen LogP contribution in [-0.2, 0) is 12.8 Å². The summed E-state index contributed by atoms with van der Waals surface area (Å²) in [4.78, 5) is 14.9. The highest BCUT2D eigenvalue weighted by molar-refractivity contribution is 5.67. The molecule has 0 saturated heterocycles. The number of aromatic nitrogens is 2. The van der Waals surface area contributed by atoms with E-state index in [1.54, 1.807) is 0 Å². The lowest BCUT2D eigenvalue weighted by molar-refractivity contribution is 0.196. The third kappa shape index (κ3) is 4.98. The summed E-state index contributed by atoms with van der Waals surface area (Å²) in [6, 6.07) is 10.4. The zero-order valence-electron chi connectivity index (χ0n) is 12.6. The number of rotatable bonds is 7. The first-order valence-electron chi connectivity index (χ1n) is 7.33. The molecule has 4 N–H and O–H groups in total. The minimum absolute atomic E-state index is 0.0430. The van der Waals surface area contributed by atoms with E-state index in [2.05, 4.69) is 22.4 Å². The number of carboxylic acid groups (broad SMARTS) is 1. The van der Waals surface area contributed by atoms with Crippen LogP contribution in [0.2, 0.25) is 0 Å². The summed E-state index contributed by atoms with van der Waals surface area (Å²) in [6.07, 6.45) is 3.31. The number of nitrogens with two attached hydrogens (primary N) is 1. The number of hydrogen-bond donors (Lipinski definition) is 3. The molecule has 0 fully saturated rings. The molecule has 0 amide bonds. The summed E-state index contributed by atoms with van der Waals surface area (Å²) in [5, 5.41) is 12.2. The quantitative estimate of drug-likeness (QED) is 0.720. The van der Waals surface area contributed by atoms with E-state index in [0.717, 1.165) is 16.7 Å². The molecule has 6 heteroatoms. The molecule has 1 aromatic carbocycles. The molecular formula is C16H22N4O2. The van der Waals surface area contributed by atoms with E-state index < -0.39 is 6.09 Å². The predicted octanol–water partition coefficient (Wildman–Crippen LogP) is 1.50. The molecule has 0 bridgehead atoms. The molecule has 22 heavy (non-hydrogen) atoms. The number of nitrogens with zero attached hydrogens (tertiary/aromatic N) is 2. The molecule has 2 rings (SSSR count). The van der Waals surface area contributed by atoms with Crippen molar-refractivity contribution in [2.75, 3.05) is 6.54 Å². The van der Waals surface area contributed by atoms with Crippen LogP contribution in [0.1, 0.15) is 18.2 Å². The molecule has 0 radical (unpaired) electrons. The molecule has 2 aromatic rings. The fourth-order valence-corrected chi connectivity index (χ4v) is 2.30. The minimum Gasteiger partial charge on any atom is -0.464 e. The zero-order valence-corrected chi connectivity index (χ0v) is 12.6. The van der Waals surface area contributed by atoms with Gasteiger partial charge in [-0.3, -0.25) is 0 Å². The second-order valence-electron chi connectivity index (χ2n) is 5.52. The van der Waals surface area contributed by atoms with Crippen molar-refractivity contribution in [3.63, 3.8) is 0 Å². The summed E-state index contributed by atoms with van der Waals surface area (Å²) in [7, 11) is 0. The first-order chi connectivity index (χ1) is 10.5. The molecule has 0 aliphatic rings. The van der Waals surface area contributed by atoms with Crippen molar-refractivity contribution >= 4 is 6.09 Å². The van der Waals surface area contributed by atoms with Crippen LogP contribution < -0.4 is 11.1 Å². The molecule has 0 saturated carbocycles. The fourth-order valence-electron chi connectivity index (χ4n) is 2.30. The molecule has 118 valence electrons. The molecule has 0 spiro atoms. The Labute approximate surface area is 130 Å². The molecule has 0 aliphatic carbocycles. The SMILES string of the molecule is C[C@H](Cc1cn(C(=O)O)cn1)NC[C@@H](N)Cc1ccccc1. The number of benzene rings is 1. The van der Waals surface area contributed by atoms with Crippen LogP contribution in [0.4, 0.5) is 4.79 Å². The molecule has 0 aliphatic heterocycles. The van der Waals surface area contributed by atoms with Crippen molar-refractivity contribution in [2.24, 2.45) is 5.73 Å². The van der Waals surface area contributed by atoms with Crippen LogP contribution in [0.3, 0.4) is 0 Å². The van der Waals surface area contributed by atoms with Crippen molar-refractivity contribution in [1.82, 2.24) is 14.9 Å². The van der Waals surface area contributed by atoms with Crippen LogP contribution in [0.5, 0.6) is 0 Å². The van der Waals surface area contributed by atoms with Gasteiger partial charge in [0.1, 0.15) is 6.33 Å². The topological polar surface area (TPSA) is 93.2 Å². The molecule has 1 aromatic heterocycles. The van der Waals surface area contributed by atoms with Crippen LogP contribution in [0, 0.1) is 0 Å². The third-order valence-corrected chi connectivity index (χ3v) is 3.44. The van der Waals surface area contributed by atoms with E-state index in [9.17, 15) is 4.79 Å². The van der Waals surface area contributed by atoms with Crippen molar-refractivity contribution in [3.05, 3.63) is 54.1 Å². The molecule has 0 unspecified atom stereocenters. The van der Waals surface area contributed by atoms with Crippen molar-refractivity contribution in [2.45, 2.75) is 31.8 Å².